The lowest BCUT2D eigenvalue weighted by molar-refractivity contribution is 0.243. The molecule has 5 aromatic rings. The van der Waals surface area contributed by atoms with E-state index in [-0.39, 0.29) is 5.82 Å². The Hall–Kier alpha value is -3.95. The molecule has 0 radical (unpaired) electrons. The Labute approximate surface area is 253 Å². The largest absolute Gasteiger partial charge is 0.357 e. The van der Waals surface area contributed by atoms with Crippen LogP contribution in [0.15, 0.2) is 91.3 Å². The van der Waals surface area contributed by atoms with Gasteiger partial charge in [0.25, 0.3) is 0 Å². The van der Waals surface area contributed by atoms with Gasteiger partial charge in [0.2, 0.25) is 0 Å². The lowest BCUT2D eigenvalue weighted by Gasteiger charge is -2.27. The maximum atomic E-state index is 13.8. The third-order valence-corrected chi connectivity index (χ3v) is 8.13. The highest BCUT2D eigenvalue weighted by Gasteiger charge is 2.21. The first kappa shape index (κ1) is 29.1. The van der Waals surface area contributed by atoms with Gasteiger partial charge in [-0.15, -0.1) is 0 Å². The molecule has 2 aromatic carbocycles. The van der Waals surface area contributed by atoms with Gasteiger partial charge in [0, 0.05) is 94.4 Å². The van der Waals surface area contributed by atoms with Gasteiger partial charge >= 0.3 is 0 Å². The second-order valence-electron chi connectivity index (χ2n) is 11.3. The van der Waals surface area contributed by atoms with Crippen LogP contribution in [0.4, 0.5) is 4.39 Å². The molecule has 1 aliphatic heterocycles. The van der Waals surface area contributed by atoms with E-state index in [1.165, 1.54) is 28.5 Å². The number of H-pyrrole nitrogens is 1. The summed E-state index contributed by atoms with van der Waals surface area (Å²) in [7, 11) is 0. The van der Waals surface area contributed by atoms with Gasteiger partial charge in [-0.1, -0.05) is 36.4 Å². The summed E-state index contributed by atoms with van der Waals surface area (Å²) in [5.41, 5.74) is 8.26. The molecule has 4 heterocycles. The van der Waals surface area contributed by atoms with Gasteiger partial charge in [-0.05, 0) is 65.6 Å². The molecule has 0 unspecified atom stereocenters. The maximum absolute atomic E-state index is 13.8. The molecular weight excluding hydrogens is 537 g/mol. The highest BCUT2D eigenvalue weighted by atomic mass is 19.1. The van der Waals surface area contributed by atoms with Crippen LogP contribution in [0.25, 0.3) is 10.9 Å². The summed E-state index contributed by atoms with van der Waals surface area (Å²) in [5, 5.41) is 8.12. The van der Waals surface area contributed by atoms with Crippen LogP contribution in [0, 0.1) is 5.82 Å². The number of nitrogens with zero attached hydrogens (tertiary/aromatic N) is 4. The monoisotopic (exact) mass is 577 g/mol. The van der Waals surface area contributed by atoms with E-state index in [0.29, 0.717) is 0 Å². The van der Waals surface area contributed by atoms with E-state index in [0.717, 1.165) is 94.2 Å². The molecule has 6 rings (SSSR count). The average Bonchev–Trinajstić information content (AvgIpc) is 3.40. The lowest BCUT2D eigenvalue weighted by Crippen LogP contribution is -2.36. The number of rotatable bonds is 14. The molecule has 0 fully saturated rings. The Balaban J connectivity index is 1.02. The lowest BCUT2D eigenvalue weighted by atomic mass is 10.0. The maximum Gasteiger partial charge on any atom is 0.123 e. The van der Waals surface area contributed by atoms with Crippen molar-refractivity contribution in [2.75, 3.05) is 32.7 Å². The minimum Gasteiger partial charge on any atom is -0.357 e. The number of benzene rings is 2. The Kier molecular flexibility index (Phi) is 9.81. The summed E-state index contributed by atoms with van der Waals surface area (Å²) in [6, 6.07) is 26.2. The van der Waals surface area contributed by atoms with E-state index < -0.39 is 0 Å². The number of fused-ring (bicyclic) bond motifs is 3. The topological polar surface area (TPSA) is 72.1 Å². The minimum absolute atomic E-state index is 0.170. The predicted octanol–water partition coefficient (Wildman–Crippen LogP) is 5.04. The summed E-state index contributed by atoms with van der Waals surface area (Å²) in [6.45, 7) is 8.87. The summed E-state index contributed by atoms with van der Waals surface area (Å²) in [4.78, 5) is 17.3. The van der Waals surface area contributed by atoms with Gasteiger partial charge in [-0.2, -0.15) is 0 Å². The number of hydrogen-bond acceptors (Lipinski definition) is 6. The summed E-state index contributed by atoms with van der Waals surface area (Å²) >= 11 is 0. The molecule has 3 N–H and O–H groups in total. The fourth-order valence-corrected chi connectivity index (χ4v) is 5.85. The number of halogens is 1. The molecule has 3 aromatic heterocycles. The van der Waals surface area contributed by atoms with Crippen LogP contribution in [-0.2, 0) is 39.1 Å². The molecule has 0 spiro atoms. The van der Waals surface area contributed by atoms with Crippen LogP contribution in [0.3, 0.4) is 0 Å². The van der Waals surface area contributed by atoms with Gasteiger partial charge in [-0.3, -0.25) is 19.8 Å². The first-order valence-corrected chi connectivity index (χ1v) is 15.2. The standard InChI is InChI=1S/C35H40FN7/c36-29-11-12-34-33(21-29)32-13-18-43(26-35(32)41-34)25-28-9-7-27(8-10-28)24-42(19-16-37-22-30-5-1-3-14-39-30)20-17-38-23-31-6-2-4-15-40-31/h1-12,14-15,21,37-38,41H,13,16-20,22-26H2. The predicted molar refractivity (Wildman–Crippen MR) is 170 cm³/mol. The van der Waals surface area contributed by atoms with Crippen molar-refractivity contribution >= 4 is 10.9 Å². The molecule has 0 amide bonds. The number of aromatic amines is 1. The second kappa shape index (κ2) is 14.5. The smallest absolute Gasteiger partial charge is 0.123 e. The molecule has 8 heteroatoms. The SMILES string of the molecule is Fc1ccc2[nH]c3c(c2c1)CCN(Cc1ccc(CN(CCNCc2ccccn2)CCNCc2ccccn2)cc1)C3. The van der Waals surface area contributed by atoms with Gasteiger partial charge in [0.1, 0.15) is 5.82 Å². The quantitative estimate of drug-likeness (QED) is 0.161. The molecule has 43 heavy (non-hydrogen) atoms. The number of hydrogen-bond donors (Lipinski definition) is 3. The summed E-state index contributed by atoms with van der Waals surface area (Å²) in [5.74, 6) is -0.170. The van der Waals surface area contributed by atoms with Crippen molar-refractivity contribution in [3.63, 3.8) is 0 Å². The zero-order chi connectivity index (χ0) is 29.3. The van der Waals surface area contributed by atoms with E-state index in [9.17, 15) is 4.39 Å². The van der Waals surface area contributed by atoms with Crippen LogP contribution in [0.1, 0.15) is 33.8 Å². The molecule has 1 aliphatic rings. The molecule has 0 saturated heterocycles. The number of pyridine rings is 2. The van der Waals surface area contributed by atoms with Crippen molar-refractivity contribution in [2.45, 2.75) is 39.1 Å². The second-order valence-corrected chi connectivity index (χ2v) is 11.3. The molecule has 222 valence electrons. The van der Waals surface area contributed by atoms with E-state index in [1.807, 2.05) is 42.7 Å². The van der Waals surface area contributed by atoms with Crippen LogP contribution in [0.5, 0.6) is 0 Å². The molecule has 0 bridgehead atoms. The van der Waals surface area contributed by atoms with E-state index >= 15 is 0 Å². The van der Waals surface area contributed by atoms with Crippen molar-refractivity contribution in [1.82, 2.24) is 35.4 Å². The zero-order valence-corrected chi connectivity index (χ0v) is 24.6. The first-order chi connectivity index (χ1) is 21.2. The third kappa shape index (κ3) is 8.12. The fraction of sp³-hybridized carbons (Fsp3) is 0.314. The molecule has 7 nitrogen and oxygen atoms in total. The Morgan fingerprint density at radius 2 is 1.49 bits per heavy atom. The first-order valence-electron chi connectivity index (χ1n) is 15.2. The van der Waals surface area contributed by atoms with E-state index in [2.05, 4.69) is 71.8 Å². The van der Waals surface area contributed by atoms with Gasteiger partial charge < -0.3 is 15.6 Å². The van der Waals surface area contributed by atoms with Crippen LogP contribution < -0.4 is 10.6 Å². The van der Waals surface area contributed by atoms with Crippen LogP contribution in [0.2, 0.25) is 0 Å². The van der Waals surface area contributed by atoms with Crippen molar-refractivity contribution in [3.05, 3.63) is 131 Å². The van der Waals surface area contributed by atoms with Gasteiger partial charge in [0.15, 0.2) is 0 Å². The normalized spacial score (nSPS) is 13.5. The van der Waals surface area contributed by atoms with Crippen molar-refractivity contribution in [2.24, 2.45) is 0 Å². The minimum atomic E-state index is -0.170. The summed E-state index contributed by atoms with van der Waals surface area (Å²) in [6.07, 6.45) is 4.62. The Bertz CT molecular complexity index is 1520. The van der Waals surface area contributed by atoms with Crippen molar-refractivity contribution < 1.29 is 4.39 Å². The van der Waals surface area contributed by atoms with Crippen molar-refractivity contribution in [3.8, 4) is 0 Å². The molecule has 0 saturated carbocycles. The highest BCUT2D eigenvalue weighted by molar-refractivity contribution is 5.85. The Morgan fingerprint density at radius 3 is 2.14 bits per heavy atom. The Morgan fingerprint density at radius 1 is 0.814 bits per heavy atom. The fourth-order valence-electron chi connectivity index (χ4n) is 5.85. The summed E-state index contributed by atoms with van der Waals surface area (Å²) < 4.78 is 13.8. The zero-order valence-electron chi connectivity index (χ0n) is 24.6. The third-order valence-electron chi connectivity index (χ3n) is 8.13. The number of aromatic nitrogens is 3. The van der Waals surface area contributed by atoms with Crippen molar-refractivity contribution in [1.29, 1.82) is 0 Å². The number of nitrogens with one attached hydrogen (secondary N) is 3. The van der Waals surface area contributed by atoms with Gasteiger partial charge in [0.05, 0.1) is 11.4 Å². The molecule has 0 aliphatic carbocycles. The van der Waals surface area contributed by atoms with Crippen LogP contribution in [-0.4, -0.2) is 57.5 Å². The van der Waals surface area contributed by atoms with Crippen LogP contribution >= 0.6 is 0 Å². The average molecular weight is 578 g/mol. The molecule has 0 atom stereocenters. The molecular formula is C35H40FN7. The van der Waals surface area contributed by atoms with E-state index in [1.54, 1.807) is 6.07 Å². The van der Waals surface area contributed by atoms with E-state index in [4.69, 9.17) is 0 Å². The van der Waals surface area contributed by atoms with Gasteiger partial charge in [-0.25, -0.2) is 4.39 Å². The highest BCUT2D eigenvalue weighted by Crippen LogP contribution is 2.28.